The summed E-state index contributed by atoms with van der Waals surface area (Å²) in [5.74, 6) is 1.78. The molecule has 0 radical (unpaired) electrons. The molecule has 1 unspecified atom stereocenters. The summed E-state index contributed by atoms with van der Waals surface area (Å²) in [5.41, 5.74) is 8.34. The Morgan fingerprint density at radius 3 is 2.61 bits per heavy atom. The average molecular weight is 437 g/mol. The largest absolute Gasteiger partial charge is 0.478 e. The number of carbonyl (C=O) groups excluding carboxylic acids is 1. The van der Waals surface area contributed by atoms with Gasteiger partial charge in [0, 0.05) is 5.02 Å². The van der Waals surface area contributed by atoms with Gasteiger partial charge in [-0.3, -0.25) is 9.69 Å². The number of ether oxygens (including phenoxy) is 2. The van der Waals surface area contributed by atoms with Gasteiger partial charge in [0.15, 0.2) is 11.9 Å². The molecule has 160 valence electrons. The summed E-state index contributed by atoms with van der Waals surface area (Å²) in [4.78, 5) is 15.0. The van der Waals surface area contributed by atoms with Crippen LogP contribution in [0.3, 0.4) is 0 Å². The molecule has 0 spiro atoms. The van der Waals surface area contributed by atoms with Gasteiger partial charge in [0.05, 0.1) is 6.54 Å². The molecule has 2 N–H and O–H groups in total. The minimum absolute atomic E-state index is 0.0945. The lowest BCUT2D eigenvalue weighted by Gasteiger charge is -2.35. The molecule has 3 aromatic rings. The number of anilines is 1. The van der Waals surface area contributed by atoms with Crippen LogP contribution in [-0.4, -0.2) is 18.6 Å². The van der Waals surface area contributed by atoms with Crippen LogP contribution in [0.2, 0.25) is 5.02 Å². The van der Waals surface area contributed by atoms with Gasteiger partial charge in [-0.15, -0.1) is 0 Å². The van der Waals surface area contributed by atoms with Crippen molar-refractivity contribution >= 4 is 23.2 Å². The van der Waals surface area contributed by atoms with E-state index in [1.54, 1.807) is 4.90 Å². The van der Waals surface area contributed by atoms with Crippen LogP contribution in [0.4, 0.5) is 5.69 Å². The molecule has 1 heterocycles. The molecule has 1 aliphatic heterocycles. The number of benzene rings is 3. The van der Waals surface area contributed by atoms with Crippen LogP contribution in [-0.2, 0) is 17.8 Å². The summed E-state index contributed by atoms with van der Waals surface area (Å²) in [7, 11) is 0. The average Bonchev–Trinajstić information content (AvgIpc) is 2.76. The van der Waals surface area contributed by atoms with E-state index in [0.29, 0.717) is 47.5 Å². The molecule has 1 aliphatic rings. The molecule has 1 amide bonds. The molecule has 5 nitrogen and oxygen atoms in total. The van der Waals surface area contributed by atoms with E-state index in [0.717, 1.165) is 17.5 Å². The van der Waals surface area contributed by atoms with Crippen molar-refractivity contribution < 1.29 is 14.3 Å². The Balaban J connectivity index is 1.73. The third kappa shape index (κ3) is 4.68. The van der Waals surface area contributed by atoms with Crippen LogP contribution < -0.4 is 20.1 Å². The molecule has 31 heavy (non-hydrogen) atoms. The Morgan fingerprint density at radius 1 is 1.06 bits per heavy atom. The van der Waals surface area contributed by atoms with Crippen LogP contribution >= 0.6 is 11.6 Å². The maximum Gasteiger partial charge on any atom is 0.268 e. The van der Waals surface area contributed by atoms with Crippen LogP contribution in [0.1, 0.15) is 24.5 Å². The van der Waals surface area contributed by atoms with Crippen molar-refractivity contribution in [3.05, 3.63) is 82.9 Å². The van der Waals surface area contributed by atoms with Gasteiger partial charge >= 0.3 is 0 Å². The minimum atomic E-state index is -0.533. The first-order chi connectivity index (χ1) is 15.1. The van der Waals surface area contributed by atoms with E-state index in [4.69, 9.17) is 26.8 Å². The predicted octanol–water partition coefficient (Wildman–Crippen LogP) is 5.34. The van der Waals surface area contributed by atoms with Crippen molar-refractivity contribution in [3.8, 4) is 17.2 Å². The summed E-state index contributed by atoms with van der Waals surface area (Å²) in [6.45, 7) is 2.88. The van der Waals surface area contributed by atoms with Gasteiger partial charge in [0.2, 0.25) is 0 Å². The van der Waals surface area contributed by atoms with E-state index >= 15 is 0 Å². The SMILES string of the molecule is CCC1Oc2cccc(Oc3cccc(CCN)c3)c2N(Cc2cccc(Cl)c2)C1=O. The number of halogens is 1. The molecule has 3 aromatic carbocycles. The normalized spacial score (nSPS) is 15.4. The fraction of sp³-hybridized carbons (Fsp3) is 0.240. The fourth-order valence-electron chi connectivity index (χ4n) is 3.72. The number of para-hydroxylation sites is 1. The second kappa shape index (κ2) is 9.41. The van der Waals surface area contributed by atoms with E-state index in [1.165, 1.54) is 0 Å². The van der Waals surface area contributed by atoms with Crippen molar-refractivity contribution in [1.29, 1.82) is 0 Å². The van der Waals surface area contributed by atoms with Crippen molar-refractivity contribution in [2.24, 2.45) is 5.73 Å². The number of fused-ring (bicyclic) bond motifs is 1. The summed E-state index contributed by atoms with van der Waals surface area (Å²) >= 11 is 6.17. The summed E-state index contributed by atoms with van der Waals surface area (Å²) in [6.07, 6.45) is 0.816. The van der Waals surface area contributed by atoms with Gasteiger partial charge in [-0.05, 0) is 66.9 Å². The summed E-state index contributed by atoms with van der Waals surface area (Å²) < 4.78 is 12.2. The number of hydrogen-bond acceptors (Lipinski definition) is 4. The highest BCUT2D eigenvalue weighted by atomic mass is 35.5. The zero-order valence-electron chi connectivity index (χ0n) is 17.4. The number of nitrogens with two attached hydrogens (primary N) is 1. The molecule has 1 atom stereocenters. The van der Waals surface area contributed by atoms with Crippen molar-refractivity contribution in [2.45, 2.75) is 32.4 Å². The molecule has 0 bridgehead atoms. The molecule has 6 heteroatoms. The number of hydrogen-bond donors (Lipinski definition) is 1. The molecule has 0 aliphatic carbocycles. The molecular weight excluding hydrogens is 412 g/mol. The van der Waals surface area contributed by atoms with E-state index < -0.39 is 6.10 Å². The van der Waals surface area contributed by atoms with Gasteiger partial charge < -0.3 is 15.2 Å². The maximum absolute atomic E-state index is 13.3. The first-order valence-electron chi connectivity index (χ1n) is 10.4. The number of amides is 1. The van der Waals surface area contributed by atoms with Crippen LogP contribution in [0.25, 0.3) is 0 Å². The highest BCUT2D eigenvalue weighted by molar-refractivity contribution is 6.30. The highest BCUT2D eigenvalue weighted by Crippen LogP contribution is 2.44. The topological polar surface area (TPSA) is 64.8 Å². The fourth-order valence-corrected chi connectivity index (χ4v) is 3.94. The monoisotopic (exact) mass is 436 g/mol. The van der Waals surface area contributed by atoms with Gasteiger partial charge in [-0.2, -0.15) is 0 Å². The Labute approximate surface area is 187 Å². The molecule has 4 rings (SSSR count). The molecule has 0 saturated carbocycles. The molecule has 0 aromatic heterocycles. The van der Waals surface area contributed by atoms with Gasteiger partial charge in [0.1, 0.15) is 17.2 Å². The van der Waals surface area contributed by atoms with Gasteiger partial charge in [0.25, 0.3) is 5.91 Å². The zero-order valence-corrected chi connectivity index (χ0v) is 18.1. The van der Waals surface area contributed by atoms with Gasteiger partial charge in [-0.1, -0.05) is 48.9 Å². The third-order valence-electron chi connectivity index (χ3n) is 5.20. The lowest BCUT2D eigenvalue weighted by atomic mass is 10.1. The number of nitrogens with zero attached hydrogens (tertiary/aromatic N) is 1. The lowest BCUT2D eigenvalue weighted by Crippen LogP contribution is -2.45. The lowest BCUT2D eigenvalue weighted by molar-refractivity contribution is -0.126. The van der Waals surface area contributed by atoms with E-state index in [9.17, 15) is 4.79 Å². The molecule has 0 saturated heterocycles. The highest BCUT2D eigenvalue weighted by Gasteiger charge is 2.35. The quantitative estimate of drug-likeness (QED) is 0.543. The summed E-state index contributed by atoms with van der Waals surface area (Å²) in [5, 5.41) is 0.631. The van der Waals surface area contributed by atoms with Crippen LogP contribution in [0.15, 0.2) is 66.7 Å². The predicted molar refractivity (Wildman–Crippen MR) is 123 cm³/mol. The maximum atomic E-state index is 13.3. The standard InChI is InChI=1S/C25H25ClN2O3/c1-2-21-25(29)28(16-18-7-3-8-19(26)14-18)24-22(10-5-11-23(24)31-21)30-20-9-4-6-17(15-20)12-13-27/h3-11,14-15,21H,2,12-13,16,27H2,1H3. The van der Waals surface area contributed by atoms with E-state index in [2.05, 4.69) is 0 Å². The van der Waals surface area contributed by atoms with E-state index in [1.807, 2.05) is 73.7 Å². The third-order valence-corrected chi connectivity index (χ3v) is 5.44. The van der Waals surface area contributed by atoms with Crippen LogP contribution in [0, 0.1) is 0 Å². The van der Waals surface area contributed by atoms with Crippen LogP contribution in [0.5, 0.6) is 17.2 Å². The Hall–Kier alpha value is -3.02. The Kier molecular flexibility index (Phi) is 6.44. The second-order valence-corrected chi connectivity index (χ2v) is 7.90. The first-order valence-corrected chi connectivity index (χ1v) is 10.8. The Morgan fingerprint density at radius 2 is 1.84 bits per heavy atom. The number of carbonyl (C=O) groups is 1. The molecular formula is C25H25ClN2O3. The van der Waals surface area contributed by atoms with Crippen molar-refractivity contribution in [3.63, 3.8) is 0 Å². The van der Waals surface area contributed by atoms with Crippen molar-refractivity contribution in [1.82, 2.24) is 0 Å². The smallest absolute Gasteiger partial charge is 0.268 e. The first kappa shape index (κ1) is 21.2. The number of rotatable bonds is 7. The van der Waals surface area contributed by atoms with E-state index in [-0.39, 0.29) is 5.91 Å². The minimum Gasteiger partial charge on any atom is -0.478 e. The van der Waals surface area contributed by atoms with Gasteiger partial charge in [-0.25, -0.2) is 0 Å². The second-order valence-electron chi connectivity index (χ2n) is 7.46. The van der Waals surface area contributed by atoms with Crippen molar-refractivity contribution in [2.75, 3.05) is 11.4 Å². The summed E-state index contributed by atoms with van der Waals surface area (Å²) in [6, 6.07) is 20.9. The zero-order chi connectivity index (χ0) is 21.8. The Bertz CT molecular complexity index is 1090. The molecule has 0 fully saturated rings.